The number of Topliss-reactive ketones (excluding diaryl/α,β-unsaturated/α-hetero) is 1. The fourth-order valence-electron chi connectivity index (χ4n) is 2.06. The number of aromatic nitrogens is 1. The number of ketones is 1. The lowest BCUT2D eigenvalue weighted by Crippen LogP contribution is -2.41. The molecular formula is C13H14N2O3. The lowest BCUT2D eigenvalue weighted by molar-refractivity contribution is -0.137. The summed E-state index contributed by atoms with van der Waals surface area (Å²) in [4.78, 5) is 23.2. The van der Waals surface area contributed by atoms with E-state index in [0.717, 1.165) is 10.9 Å². The first-order valence-electron chi connectivity index (χ1n) is 5.54. The van der Waals surface area contributed by atoms with Gasteiger partial charge in [-0.25, -0.2) is 0 Å². The second-order valence-electron chi connectivity index (χ2n) is 4.10. The summed E-state index contributed by atoms with van der Waals surface area (Å²) in [5.41, 5.74) is 1.33. The monoisotopic (exact) mass is 246 g/mol. The quantitative estimate of drug-likeness (QED) is 0.624. The van der Waals surface area contributed by atoms with Crippen LogP contribution < -0.4 is 5.32 Å². The number of carbonyl (C=O) groups excluding carboxylic acids is 1. The Balaban J connectivity index is 2.54. The summed E-state index contributed by atoms with van der Waals surface area (Å²) in [6.45, 7) is 0. The van der Waals surface area contributed by atoms with Gasteiger partial charge in [-0.1, -0.05) is 18.2 Å². The van der Waals surface area contributed by atoms with E-state index in [4.69, 9.17) is 5.11 Å². The maximum absolute atomic E-state index is 12.2. The lowest BCUT2D eigenvalue weighted by Gasteiger charge is -2.08. The van der Waals surface area contributed by atoms with E-state index in [-0.39, 0.29) is 0 Å². The minimum absolute atomic E-state index is 0.426. The summed E-state index contributed by atoms with van der Waals surface area (Å²) < 4.78 is 1.82. The second-order valence-corrected chi connectivity index (χ2v) is 4.10. The smallest absolute Gasteiger partial charge is 0.328 e. The van der Waals surface area contributed by atoms with E-state index in [1.165, 1.54) is 7.05 Å². The molecule has 0 spiro atoms. The van der Waals surface area contributed by atoms with Crippen LogP contribution in [-0.4, -0.2) is 34.5 Å². The third-order valence-corrected chi connectivity index (χ3v) is 2.96. The van der Waals surface area contributed by atoms with E-state index in [1.54, 1.807) is 6.20 Å². The van der Waals surface area contributed by atoms with Gasteiger partial charge in [0.1, 0.15) is 0 Å². The van der Waals surface area contributed by atoms with Gasteiger partial charge in [0.25, 0.3) is 0 Å². The standard InChI is InChI=1S/C13H14N2O3/c1-14-11(13(17)18)12(16)9-7-15(2)10-6-4-3-5-8(9)10/h3-7,11,14H,1-2H3,(H,17,18). The minimum atomic E-state index is -1.21. The van der Waals surface area contributed by atoms with E-state index in [1.807, 2.05) is 35.9 Å². The van der Waals surface area contributed by atoms with E-state index < -0.39 is 17.8 Å². The van der Waals surface area contributed by atoms with Gasteiger partial charge in [-0.2, -0.15) is 0 Å². The van der Waals surface area contributed by atoms with Crippen molar-refractivity contribution in [2.24, 2.45) is 7.05 Å². The number of fused-ring (bicyclic) bond motifs is 1. The Morgan fingerprint density at radius 1 is 1.33 bits per heavy atom. The summed E-state index contributed by atoms with van der Waals surface area (Å²) in [7, 11) is 3.29. The van der Waals surface area contributed by atoms with Crippen LogP contribution >= 0.6 is 0 Å². The number of carboxylic acids is 1. The number of likely N-dealkylation sites (N-methyl/N-ethyl adjacent to an activating group) is 1. The molecule has 5 heteroatoms. The van der Waals surface area contributed by atoms with Gasteiger partial charge in [-0.05, 0) is 13.1 Å². The van der Waals surface area contributed by atoms with Crippen molar-refractivity contribution in [2.45, 2.75) is 6.04 Å². The molecule has 1 heterocycles. The summed E-state index contributed by atoms with van der Waals surface area (Å²) in [6.07, 6.45) is 1.67. The second kappa shape index (κ2) is 4.62. The van der Waals surface area contributed by atoms with Crippen LogP contribution in [0.5, 0.6) is 0 Å². The highest BCUT2D eigenvalue weighted by Gasteiger charge is 2.27. The van der Waals surface area contributed by atoms with Crippen molar-refractivity contribution in [3.05, 3.63) is 36.0 Å². The van der Waals surface area contributed by atoms with Crippen molar-refractivity contribution in [3.63, 3.8) is 0 Å². The molecule has 0 bridgehead atoms. The van der Waals surface area contributed by atoms with Crippen molar-refractivity contribution in [2.75, 3.05) is 7.05 Å². The minimum Gasteiger partial charge on any atom is -0.480 e. The molecule has 0 radical (unpaired) electrons. The topological polar surface area (TPSA) is 71.3 Å². The first-order chi connectivity index (χ1) is 8.56. The number of hydrogen-bond acceptors (Lipinski definition) is 3. The SMILES string of the molecule is CNC(C(=O)O)C(=O)c1cn(C)c2ccccc12. The maximum atomic E-state index is 12.2. The number of aliphatic carboxylic acids is 1. The number of benzene rings is 1. The van der Waals surface area contributed by atoms with Gasteiger partial charge < -0.3 is 15.0 Å². The number of para-hydroxylation sites is 1. The first-order valence-corrected chi connectivity index (χ1v) is 5.54. The predicted octanol–water partition coefficient (Wildman–Crippen LogP) is 1.03. The number of nitrogens with zero attached hydrogens (tertiary/aromatic N) is 1. The number of carboxylic acid groups (broad SMARTS) is 1. The zero-order chi connectivity index (χ0) is 13.3. The largest absolute Gasteiger partial charge is 0.480 e. The number of hydrogen-bond donors (Lipinski definition) is 2. The Bertz CT molecular complexity index is 616. The van der Waals surface area contributed by atoms with Crippen LogP contribution in [0.25, 0.3) is 10.9 Å². The summed E-state index contributed by atoms with van der Waals surface area (Å²) in [5.74, 6) is -1.60. The van der Waals surface area contributed by atoms with Gasteiger partial charge in [-0.15, -0.1) is 0 Å². The molecule has 0 amide bonds. The highest BCUT2D eigenvalue weighted by atomic mass is 16.4. The van der Waals surface area contributed by atoms with Crippen molar-refractivity contribution in [1.29, 1.82) is 0 Å². The van der Waals surface area contributed by atoms with Crippen molar-refractivity contribution in [3.8, 4) is 0 Å². The van der Waals surface area contributed by atoms with Gasteiger partial charge in [0.05, 0.1) is 0 Å². The molecule has 5 nitrogen and oxygen atoms in total. The summed E-state index contributed by atoms with van der Waals surface area (Å²) in [5, 5.41) is 12.3. The lowest BCUT2D eigenvalue weighted by atomic mass is 10.0. The Hall–Kier alpha value is -2.14. The van der Waals surface area contributed by atoms with Crippen LogP contribution in [0.15, 0.2) is 30.5 Å². The highest BCUT2D eigenvalue weighted by Crippen LogP contribution is 2.21. The number of aryl methyl sites for hydroxylation is 1. The van der Waals surface area contributed by atoms with E-state index in [0.29, 0.717) is 5.56 Å². The molecule has 0 aliphatic carbocycles. The number of rotatable bonds is 4. The van der Waals surface area contributed by atoms with E-state index in [2.05, 4.69) is 5.32 Å². The Morgan fingerprint density at radius 2 is 2.00 bits per heavy atom. The van der Waals surface area contributed by atoms with Gasteiger partial charge >= 0.3 is 5.97 Å². The van der Waals surface area contributed by atoms with E-state index in [9.17, 15) is 9.59 Å². The zero-order valence-corrected chi connectivity index (χ0v) is 10.2. The van der Waals surface area contributed by atoms with Crippen LogP contribution in [0.4, 0.5) is 0 Å². The number of nitrogens with one attached hydrogen (secondary N) is 1. The fourth-order valence-corrected chi connectivity index (χ4v) is 2.06. The zero-order valence-electron chi connectivity index (χ0n) is 10.2. The first kappa shape index (κ1) is 12.3. The molecule has 2 aromatic rings. The average Bonchev–Trinajstić information content (AvgIpc) is 2.68. The molecule has 94 valence electrons. The molecule has 1 aromatic heterocycles. The molecule has 1 aromatic carbocycles. The molecule has 2 rings (SSSR count). The van der Waals surface area contributed by atoms with Crippen molar-refractivity contribution < 1.29 is 14.7 Å². The Morgan fingerprint density at radius 3 is 2.61 bits per heavy atom. The average molecular weight is 246 g/mol. The van der Waals surface area contributed by atoms with Crippen molar-refractivity contribution in [1.82, 2.24) is 9.88 Å². The molecule has 0 aliphatic heterocycles. The van der Waals surface area contributed by atoms with Crippen LogP contribution in [0.3, 0.4) is 0 Å². The van der Waals surface area contributed by atoms with Crippen LogP contribution in [-0.2, 0) is 11.8 Å². The molecular weight excluding hydrogens is 232 g/mol. The highest BCUT2D eigenvalue weighted by molar-refractivity contribution is 6.17. The normalized spacial score (nSPS) is 12.6. The van der Waals surface area contributed by atoms with Gasteiger partial charge in [-0.3, -0.25) is 9.59 Å². The number of carbonyl (C=O) groups is 2. The van der Waals surface area contributed by atoms with Gasteiger partial charge in [0, 0.05) is 29.7 Å². The van der Waals surface area contributed by atoms with Crippen LogP contribution in [0.1, 0.15) is 10.4 Å². The molecule has 2 N–H and O–H groups in total. The van der Waals surface area contributed by atoms with Crippen LogP contribution in [0.2, 0.25) is 0 Å². The predicted molar refractivity (Wildman–Crippen MR) is 67.7 cm³/mol. The molecule has 18 heavy (non-hydrogen) atoms. The Kier molecular flexibility index (Phi) is 3.16. The summed E-state index contributed by atoms with van der Waals surface area (Å²) in [6, 6.07) is 6.20. The van der Waals surface area contributed by atoms with Gasteiger partial charge in [0.15, 0.2) is 11.8 Å². The summed E-state index contributed by atoms with van der Waals surface area (Å²) >= 11 is 0. The molecule has 0 aliphatic rings. The van der Waals surface area contributed by atoms with E-state index >= 15 is 0 Å². The van der Waals surface area contributed by atoms with Gasteiger partial charge in [0.2, 0.25) is 0 Å². The molecule has 1 atom stereocenters. The fraction of sp³-hybridized carbons (Fsp3) is 0.231. The van der Waals surface area contributed by atoms with Crippen molar-refractivity contribution >= 4 is 22.7 Å². The third kappa shape index (κ3) is 1.89. The Labute approximate surface area is 104 Å². The maximum Gasteiger partial charge on any atom is 0.328 e. The van der Waals surface area contributed by atoms with Crippen LogP contribution in [0, 0.1) is 0 Å². The molecule has 0 saturated heterocycles. The molecule has 0 fully saturated rings. The molecule has 1 unspecified atom stereocenters. The molecule has 0 saturated carbocycles. The third-order valence-electron chi connectivity index (χ3n) is 2.96.